The van der Waals surface area contributed by atoms with Gasteiger partial charge in [0.1, 0.15) is 0 Å². The highest BCUT2D eigenvalue weighted by molar-refractivity contribution is 7.89. The molecular formula is C19H22N2O5S. The number of sulfonamides is 1. The van der Waals surface area contributed by atoms with Gasteiger partial charge in [-0.2, -0.15) is 0 Å². The summed E-state index contributed by atoms with van der Waals surface area (Å²) >= 11 is 0. The number of ether oxygens (including phenoxy) is 2. The van der Waals surface area contributed by atoms with Crippen LogP contribution in [-0.2, 0) is 14.8 Å². The standard InChI is InChI=1S/C19H22N2O5S/c1-13-4-6-17(14(2)10-13)21(15(3)22)9-8-20-27(23,24)16-5-7-18-19(11-16)26-12-25-18/h4-7,10-11,20H,8-9,12H2,1-3H3. The Bertz CT molecular complexity index is 972. The van der Waals surface area contributed by atoms with Gasteiger partial charge < -0.3 is 14.4 Å². The maximum absolute atomic E-state index is 12.5. The summed E-state index contributed by atoms with van der Waals surface area (Å²) in [5, 5.41) is 0. The Labute approximate surface area is 158 Å². The van der Waals surface area contributed by atoms with E-state index in [1.807, 2.05) is 32.0 Å². The molecule has 1 aliphatic heterocycles. The summed E-state index contributed by atoms with van der Waals surface area (Å²) < 4.78 is 38.0. The fourth-order valence-corrected chi connectivity index (χ4v) is 4.01. The third-order valence-corrected chi connectivity index (χ3v) is 5.76. The van der Waals surface area contributed by atoms with E-state index >= 15 is 0 Å². The first-order valence-corrected chi connectivity index (χ1v) is 10.0. The Balaban J connectivity index is 1.70. The van der Waals surface area contributed by atoms with Crippen molar-refractivity contribution in [2.75, 3.05) is 24.8 Å². The minimum absolute atomic E-state index is 0.0791. The van der Waals surface area contributed by atoms with Crippen LogP contribution in [0.2, 0.25) is 0 Å². The second kappa shape index (κ2) is 7.58. The molecule has 0 bridgehead atoms. The zero-order chi connectivity index (χ0) is 19.6. The van der Waals surface area contributed by atoms with Crippen molar-refractivity contribution in [3.8, 4) is 11.5 Å². The molecule has 8 heteroatoms. The molecule has 0 radical (unpaired) electrons. The van der Waals surface area contributed by atoms with Gasteiger partial charge in [0.05, 0.1) is 4.90 Å². The van der Waals surface area contributed by atoms with Crippen LogP contribution in [0.25, 0.3) is 0 Å². The molecule has 3 rings (SSSR count). The number of carbonyl (C=O) groups excluding carboxylic acids is 1. The number of fused-ring (bicyclic) bond motifs is 1. The van der Waals surface area contributed by atoms with Gasteiger partial charge in [-0.1, -0.05) is 17.7 Å². The molecule has 2 aromatic rings. The lowest BCUT2D eigenvalue weighted by molar-refractivity contribution is -0.116. The van der Waals surface area contributed by atoms with Gasteiger partial charge in [-0.25, -0.2) is 13.1 Å². The van der Waals surface area contributed by atoms with E-state index in [1.165, 1.54) is 19.1 Å². The van der Waals surface area contributed by atoms with Gasteiger partial charge in [0.2, 0.25) is 22.7 Å². The molecule has 0 atom stereocenters. The van der Waals surface area contributed by atoms with Crippen LogP contribution in [0.4, 0.5) is 5.69 Å². The normalized spacial score (nSPS) is 12.9. The predicted octanol–water partition coefficient (Wildman–Crippen LogP) is 2.36. The summed E-state index contributed by atoms with van der Waals surface area (Å²) in [7, 11) is -3.73. The zero-order valence-corrected chi connectivity index (χ0v) is 16.3. The average Bonchev–Trinajstić information content (AvgIpc) is 3.07. The van der Waals surface area contributed by atoms with Crippen molar-refractivity contribution in [3.05, 3.63) is 47.5 Å². The van der Waals surface area contributed by atoms with E-state index in [0.29, 0.717) is 11.5 Å². The Kier molecular flexibility index (Phi) is 5.38. The molecule has 0 unspecified atom stereocenters. The number of amides is 1. The number of rotatable bonds is 6. The van der Waals surface area contributed by atoms with Gasteiger partial charge in [-0.3, -0.25) is 4.79 Å². The van der Waals surface area contributed by atoms with Gasteiger partial charge in [-0.15, -0.1) is 0 Å². The number of aryl methyl sites for hydroxylation is 2. The topological polar surface area (TPSA) is 84.9 Å². The van der Waals surface area contributed by atoms with Crippen LogP contribution in [0.3, 0.4) is 0 Å². The van der Waals surface area contributed by atoms with Crippen LogP contribution in [-0.4, -0.2) is 34.2 Å². The summed E-state index contributed by atoms with van der Waals surface area (Å²) in [5.41, 5.74) is 2.84. The fraction of sp³-hybridized carbons (Fsp3) is 0.316. The van der Waals surface area contributed by atoms with Crippen LogP contribution in [0.1, 0.15) is 18.1 Å². The van der Waals surface area contributed by atoms with Crippen LogP contribution < -0.4 is 19.1 Å². The summed E-state index contributed by atoms with van der Waals surface area (Å²) in [6.07, 6.45) is 0. The van der Waals surface area contributed by atoms with E-state index in [9.17, 15) is 13.2 Å². The quantitative estimate of drug-likeness (QED) is 0.819. The summed E-state index contributed by atoms with van der Waals surface area (Å²) in [5.74, 6) is 0.772. The molecule has 2 aromatic carbocycles. The molecule has 1 aliphatic rings. The Morgan fingerprint density at radius 1 is 1.11 bits per heavy atom. The third kappa shape index (κ3) is 4.23. The molecule has 144 valence electrons. The molecule has 0 spiro atoms. The zero-order valence-electron chi connectivity index (χ0n) is 15.5. The molecule has 0 aromatic heterocycles. The fourth-order valence-electron chi connectivity index (χ4n) is 2.97. The SMILES string of the molecule is CC(=O)N(CCNS(=O)(=O)c1ccc2c(c1)OCO2)c1ccc(C)cc1C. The molecule has 0 saturated carbocycles. The highest BCUT2D eigenvalue weighted by Gasteiger charge is 2.21. The Hall–Kier alpha value is -2.58. The Morgan fingerprint density at radius 2 is 1.85 bits per heavy atom. The third-order valence-electron chi connectivity index (χ3n) is 4.31. The summed E-state index contributed by atoms with van der Waals surface area (Å²) in [6, 6.07) is 10.2. The van der Waals surface area contributed by atoms with Crippen LogP contribution in [0, 0.1) is 13.8 Å². The van der Waals surface area contributed by atoms with Gasteiger partial charge in [0.15, 0.2) is 11.5 Å². The lowest BCUT2D eigenvalue weighted by Gasteiger charge is -2.23. The largest absolute Gasteiger partial charge is 0.454 e. The number of carbonyl (C=O) groups is 1. The molecule has 1 amide bonds. The van der Waals surface area contributed by atoms with Crippen LogP contribution in [0.5, 0.6) is 11.5 Å². The van der Waals surface area contributed by atoms with E-state index < -0.39 is 10.0 Å². The van der Waals surface area contributed by atoms with Crippen molar-refractivity contribution in [1.29, 1.82) is 0 Å². The predicted molar refractivity (Wildman–Crippen MR) is 102 cm³/mol. The summed E-state index contributed by atoms with van der Waals surface area (Å²) in [4.78, 5) is 13.7. The van der Waals surface area contributed by atoms with Crippen molar-refractivity contribution in [1.82, 2.24) is 4.72 Å². The minimum Gasteiger partial charge on any atom is -0.454 e. The molecular weight excluding hydrogens is 368 g/mol. The molecule has 0 fully saturated rings. The first-order valence-electron chi connectivity index (χ1n) is 8.52. The number of benzene rings is 2. The molecule has 0 aliphatic carbocycles. The first-order chi connectivity index (χ1) is 12.8. The van der Waals surface area contributed by atoms with Gasteiger partial charge in [-0.05, 0) is 37.6 Å². The van der Waals surface area contributed by atoms with Gasteiger partial charge in [0.25, 0.3) is 0 Å². The number of hydrogen-bond donors (Lipinski definition) is 1. The lowest BCUT2D eigenvalue weighted by atomic mass is 10.1. The van der Waals surface area contributed by atoms with E-state index in [4.69, 9.17) is 9.47 Å². The van der Waals surface area contributed by atoms with Crippen LogP contribution in [0.15, 0.2) is 41.3 Å². The van der Waals surface area contributed by atoms with Crippen molar-refractivity contribution in [3.63, 3.8) is 0 Å². The highest BCUT2D eigenvalue weighted by atomic mass is 32.2. The van der Waals surface area contributed by atoms with E-state index in [0.717, 1.165) is 16.8 Å². The maximum atomic E-state index is 12.5. The van der Waals surface area contributed by atoms with Gasteiger partial charge >= 0.3 is 0 Å². The second-order valence-electron chi connectivity index (χ2n) is 6.37. The van der Waals surface area contributed by atoms with Crippen molar-refractivity contribution >= 4 is 21.6 Å². The summed E-state index contributed by atoms with van der Waals surface area (Å²) in [6.45, 7) is 5.76. The molecule has 1 heterocycles. The number of hydrogen-bond acceptors (Lipinski definition) is 5. The number of nitrogens with one attached hydrogen (secondary N) is 1. The van der Waals surface area contributed by atoms with Gasteiger partial charge in [0, 0.05) is 31.8 Å². The number of nitrogens with zero attached hydrogens (tertiary/aromatic N) is 1. The van der Waals surface area contributed by atoms with Crippen molar-refractivity contribution in [2.45, 2.75) is 25.7 Å². The van der Waals surface area contributed by atoms with E-state index in [-0.39, 0.29) is 30.7 Å². The molecule has 27 heavy (non-hydrogen) atoms. The number of anilines is 1. The van der Waals surface area contributed by atoms with E-state index in [1.54, 1.807) is 11.0 Å². The van der Waals surface area contributed by atoms with Crippen LogP contribution >= 0.6 is 0 Å². The monoisotopic (exact) mass is 390 g/mol. The average molecular weight is 390 g/mol. The maximum Gasteiger partial charge on any atom is 0.240 e. The lowest BCUT2D eigenvalue weighted by Crippen LogP contribution is -2.37. The second-order valence-corrected chi connectivity index (χ2v) is 8.14. The smallest absolute Gasteiger partial charge is 0.240 e. The molecule has 7 nitrogen and oxygen atoms in total. The van der Waals surface area contributed by atoms with Crippen molar-refractivity contribution < 1.29 is 22.7 Å². The molecule has 0 saturated heterocycles. The molecule has 1 N–H and O–H groups in total. The minimum atomic E-state index is -3.73. The van der Waals surface area contributed by atoms with E-state index in [2.05, 4.69) is 4.72 Å². The first kappa shape index (κ1) is 19.2. The van der Waals surface area contributed by atoms with Crippen molar-refractivity contribution in [2.24, 2.45) is 0 Å². The Morgan fingerprint density at radius 3 is 2.56 bits per heavy atom. The highest BCUT2D eigenvalue weighted by Crippen LogP contribution is 2.33.